The van der Waals surface area contributed by atoms with Crippen molar-refractivity contribution in [2.45, 2.75) is 12.5 Å². The van der Waals surface area contributed by atoms with Crippen LogP contribution in [0.15, 0.2) is 0 Å². The van der Waals surface area contributed by atoms with Gasteiger partial charge >= 0.3 is 0 Å². The minimum atomic E-state index is 0.128. The molecule has 0 heterocycles. The van der Waals surface area contributed by atoms with E-state index in [1.165, 1.54) is 0 Å². The van der Waals surface area contributed by atoms with Gasteiger partial charge in [0.25, 0.3) is 0 Å². The molecule has 7 heavy (non-hydrogen) atoms. The number of hydrogen-bond acceptors (Lipinski definition) is 2. The van der Waals surface area contributed by atoms with Gasteiger partial charge in [0.15, 0.2) is 0 Å². The third-order valence-corrected chi connectivity index (χ3v) is 1.29. The molecule has 0 aromatic heterocycles. The van der Waals surface area contributed by atoms with Crippen LogP contribution < -0.4 is 5.32 Å². The molecule has 3 heteroatoms. The Morgan fingerprint density at radius 3 is 2.86 bits per heavy atom. The van der Waals surface area contributed by atoms with Gasteiger partial charge in [-0.2, -0.15) is 0 Å². The molecule has 0 aromatic carbocycles. The summed E-state index contributed by atoms with van der Waals surface area (Å²) in [7, 11) is 2.04. The van der Waals surface area contributed by atoms with Crippen LogP contribution in [0, 0.1) is 0 Å². The summed E-state index contributed by atoms with van der Waals surface area (Å²) in [6.45, 7) is 1.02. The maximum absolute atomic E-state index is 8.29. The van der Waals surface area contributed by atoms with Crippen LogP contribution in [0.1, 0.15) is 6.42 Å². The molecule has 0 atom stereocenters. The van der Waals surface area contributed by atoms with Gasteiger partial charge in [0.05, 0.1) is 0 Å². The molecular formula is C4H11NOSi. The topological polar surface area (TPSA) is 32.3 Å². The Kier molecular flexibility index (Phi) is 6.26. The smallest absolute Gasteiger partial charge is 0.224 e. The van der Waals surface area contributed by atoms with E-state index in [0.717, 1.165) is 19.0 Å². The van der Waals surface area contributed by atoms with Crippen molar-refractivity contribution in [3.05, 3.63) is 0 Å². The summed E-state index contributed by atoms with van der Waals surface area (Å²) in [4.78, 5) is 8.29. The Balaban J connectivity index is 2.45. The molecule has 0 aliphatic heterocycles. The van der Waals surface area contributed by atoms with Crippen molar-refractivity contribution >= 4 is 9.76 Å². The summed E-state index contributed by atoms with van der Waals surface area (Å²) < 4.78 is 0. The molecule has 0 saturated heterocycles. The largest absolute Gasteiger partial charge is 0.432 e. The van der Waals surface area contributed by atoms with Gasteiger partial charge in [0.2, 0.25) is 9.76 Å². The highest BCUT2D eigenvalue weighted by Gasteiger charge is 1.82. The normalized spacial score (nSPS) is 9.43. The van der Waals surface area contributed by atoms with E-state index < -0.39 is 0 Å². The lowest BCUT2D eigenvalue weighted by atomic mass is 10.5. The molecule has 0 aliphatic rings. The predicted octanol–water partition coefficient (Wildman–Crippen LogP) is -0.374. The van der Waals surface area contributed by atoms with E-state index in [0.29, 0.717) is 0 Å². The van der Waals surface area contributed by atoms with Crippen LogP contribution >= 0.6 is 0 Å². The van der Waals surface area contributed by atoms with Gasteiger partial charge < -0.3 is 10.1 Å². The van der Waals surface area contributed by atoms with Crippen LogP contribution in [0.2, 0.25) is 6.04 Å². The van der Waals surface area contributed by atoms with Crippen molar-refractivity contribution in [2.75, 3.05) is 13.6 Å². The minimum absolute atomic E-state index is 0.128. The fourth-order valence-corrected chi connectivity index (χ4v) is 0.679. The van der Waals surface area contributed by atoms with Gasteiger partial charge in [0, 0.05) is 0 Å². The maximum Gasteiger partial charge on any atom is 0.224 e. The monoisotopic (exact) mass is 117 g/mol. The quantitative estimate of drug-likeness (QED) is 0.389. The van der Waals surface area contributed by atoms with E-state index in [-0.39, 0.29) is 9.76 Å². The Morgan fingerprint density at radius 1 is 1.71 bits per heavy atom. The highest BCUT2D eigenvalue weighted by atomic mass is 28.2. The molecule has 0 saturated carbocycles. The van der Waals surface area contributed by atoms with Gasteiger partial charge in [-0.3, -0.25) is 0 Å². The fraction of sp³-hybridized carbons (Fsp3) is 1.00. The lowest BCUT2D eigenvalue weighted by molar-refractivity contribution is 0.593. The van der Waals surface area contributed by atoms with Crippen molar-refractivity contribution < 1.29 is 4.80 Å². The summed E-state index contributed by atoms with van der Waals surface area (Å²) in [5.41, 5.74) is 0. The second kappa shape index (κ2) is 6.14. The van der Waals surface area contributed by atoms with Crippen LogP contribution in [0.25, 0.3) is 0 Å². The van der Waals surface area contributed by atoms with Gasteiger partial charge in [-0.05, 0) is 26.1 Å². The zero-order chi connectivity index (χ0) is 5.54. The molecule has 0 aliphatic carbocycles. The van der Waals surface area contributed by atoms with Crippen molar-refractivity contribution in [3.8, 4) is 0 Å². The van der Waals surface area contributed by atoms with E-state index in [2.05, 4.69) is 5.32 Å². The number of rotatable bonds is 4. The average Bonchev–Trinajstić information content (AvgIpc) is 1.69. The first-order valence-corrected chi connectivity index (χ1v) is 3.59. The van der Waals surface area contributed by atoms with Crippen molar-refractivity contribution in [1.29, 1.82) is 0 Å². The van der Waals surface area contributed by atoms with Crippen molar-refractivity contribution in [3.63, 3.8) is 0 Å². The van der Waals surface area contributed by atoms with Gasteiger partial charge in [0.1, 0.15) is 0 Å². The first-order valence-electron chi connectivity index (χ1n) is 2.43. The molecule has 0 amide bonds. The number of nitrogens with one attached hydrogen (secondary N) is 1. The van der Waals surface area contributed by atoms with Gasteiger partial charge in [-0.15, -0.1) is 0 Å². The molecule has 0 rings (SSSR count). The van der Waals surface area contributed by atoms with Crippen LogP contribution in [0.5, 0.6) is 0 Å². The summed E-state index contributed by atoms with van der Waals surface area (Å²) in [5.74, 6) is 0. The molecule has 0 fully saturated rings. The zero-order valence-electron chi connectivity index (χ0n) is 4.57. The summed E-state index contributed by atoms with van der Waals surface area (Å²) in [5, 5.41) is 3.00. The molecule has 0 aromatic rings. The Bertz CT molecular complexity index is 30.9. The Morgan fingerprint density at radius 2 is 2.43 bits per heavy atom. The lowest BCUT2D eigenvalue weighted by Gasteiger charge is -1.91. The van der Waals surface area contributed by atoms with Crippen LogP contribution in [-0.2, 0) is 0 Å². The fourth-order valence-electron chi connectivity index (χ4n) is 0.344. The molecule has 2 radical (unpaired) electrons. The van der Waals surface area contributed by atoms with E-state index in [1.54, 1.807) is 0 Å². The number of hydrogen-bond donors (Lipinski definition) is 2. The summed E-state index contributed by atoms with van der Waals surface area (Å²) in [6, 6.07) is 0.945. The SMILES string of the molecule is CNCCC[Si]O. The third-order valence-electron chi connectivity index (χ3n) is 0.715. The molecule has 2 nitrogen and oxygen atoms in total. The minimum Gasteiger partial charge on any atom is -0.432 e. The van der Waals surface area contributed by atoms with Gasteiger partial charge in [-0.1, -0.05) is 0 Å². The average molecular weight is 117 g/mol. The highest BCUT2D eigenvalue weighted by molar-refractivity contribution is 6.25. The Labute approximate surface area is 46.9 Å². The first-order chi connectivity index (χ1) is 3.41. The van der Waals surface area contributed by atoms with E-state index in [1.807, 2.05) is 7.05 Å². The van der Waals surface area contributed by atoms with Crippen molar-refractivity contribution in [1.82, 2.24) is 5.32 Å². The highest BCUT2D eigenvalue weighted by Crippen LogP contribution is 1.81. The first kappa shape index (κ1) is 7.14. The van der Waals surface area contributed by atoms with Gasteiger partial charge in [-0.25, -0.2) is 0 Å². The van der Waals surface area contributed by atoms with Crippen molar-refractivity contribution in [2.24, 2.45) is 0 Å². The summed E-state index contributed by atoms with van der Waals surface area (Å²) >= 11 is 0. The predicted molar refractivity (Wildman–Crippen MR) is 31.3 cm³/mol. The molecular weight excluding hydrogens is 106 g/mol. The third kappa shape index (κ3) is 6.14. The standard InChI is InChI=1S/C4H11NOSi/c1-5-3-2-4-7-6/h5-6H,2-4H2,1H3. The molecule has 0 unspecified atom stereocenters. The second-order valence-corrected chi connectivity index (χ2v) is 2.18. The van der Waals surface area contributed by atoms with E-state index >= 15 is 0 Å². The molecule has 0 spiro atoms. The Hall–Kier alpha value is 0.137. The summed E-state index contributed by atoms with van der Waals surface area (Å²) in [6.07, 6.45) is 1.09. The maximum atomic E-state index is 8.29. The molecule has 0 bridgehead atoms. The lowest BCUT2D eigenvalue weighted by Crippen LogP contribution is -2.07. The molecule has 42 valence electrons. The van der Waals surface area contributed by atoms with E-state index in [4.69, 9.17) is 4.80 Å². The van der Waals surface area contributed by atoms with E-state index in [9.17, 15) is 0 Å². The molecule has 2 N–H and O–H groups in total. The van der Waals surface area contributed by atoms with Crippen LogP contribution in [0.3, 0.4) is 0 Å². The van der Waals surface area contributed by atoms with Crippen LogP contribution in [0.4, 0.5) is 0 Å². The van der Waals surface area contributed by atoms with Crippen LogP contribution in [-0.4, -0.2) is 28.2 Å². The second-order valence-electron chi connectivity index (χ2n) is 1.37. The zero-order valence-corrected chi connectivity index (χ0v) is 5.57.